The molecule has 0 unspecified atom stereocenters. The summed E-state index contributed by atoms with van der Waals surface area (Å²) in [7, 11) is 0. The molecular formula is C22H18N2O2. The summed E-state index contributed by atoms with van der Waals surface area (Å²) >= 11 is 0. The van der Waals surface area contributed by atoms with Crippen LogP contribution in [0.5, 0.6) is 0 Å². The molecule has 0 amide bonds. The van der Waals surface area contributed by atoms with Gasteiger partial charge in [0.2, 0.25) is 0 Å². The molecular weight excluding hydrogens is 324 g/mol. The summed E-state index contributed by atoms with van der Waals surface area (Å²) in [6.45, 7) is 4.15. The van der Waals surface area contributed by atoms with E-state index in [4.69, 9.17) is 5.11 Å². The van der Waals surface area contributed by atoms with E-state index in [0.29, 0.717) is 11.1 Å². The van der Waals surface area contributed by atoms with E-state index >= 15 is 0 Å². The van der Waals surface area contributed by atoms with Crippen molar-refractivity contribution >= 4 is 17.6 Å². The summed E-state index contributed by atoms with van der Waals surface area (Å²) in [5.41, 5.74) is 5.71. The number of aromatic carboxylic acids is 1. The van der Waals surface area contributed by atoms with Gasteiger partial charge in [-0.15, -0.1) is 0 Å². The molecule has 3 aromatic rings. The lowest BCUT2D eigenvalue weighted by atomic mass is 10.0. The van der Waals surface area contributed by atoms with E-state index in [-0.39, 0.29) is 5.56 Å². The van der Waals surface area contributed by atoms with Crippen LogP contribution >= 0.6 is 0 Å². The van der Waals surface area contributed by atoms with Crippen LogP contribution in [-0.4, -0.2) is 15.6 Å². The third kappa shape index (κ3) is 3.42. The van der Waals surface area contributed by atoms with Gasteiger partial charge in [0, 0.05) is 17.6 Å². The summed E-state index contributed by atoms with van der Waals surface area (Å²) in [6.07, 6.45) is 3.77. The fourth-order valence-electron chi connectivity index (χ4n) is 2.74. The van der Waals surface area contributed by atoms with Crippen LogP contribution in [0.15, 0.2) is 60.8 Å². The van der Waals surface area contributed by atoms with Crippen molar-refractivity contribution in [2.45, 2.75) is 13.8 Å². The highest BCUT2D eigenvalue weighted by molar-refractivity contribution is 5.92. The highest BCUT2D eigenvalue weighted by atomic mass is 16.4. The second kappa shape index (κ2) is 7.12. The van der Waals surface area contributed by atoms with Crippen molar-refractivity contribution in [3.8, 4) is 11.8 Å². The molecule has 26 heavy (non-hydrogen) atoms. The van der Waals surface area contributed by atoms with Gasteiger partial charge in [0.25, 0.3) is 0 Å². The van der Waals surface area contributed by atoms with Crippen molar-refractivity contribution in [1.82, 2.24) is 4.57 Å². The van der Waals surface area contributed by atoms with Crippen molar-refractivity contribution in [3.05, 3.63) is 88.7 Å². The SMILES string of the molecule is Cc1ccc(-n2cccc2/C=C(/C#N)c2ccc(C(=O)O)cc2)cc1C. The molecule has 1 N–H and O–H groups in total. The number of benzene rings is 2. The van der Waals surface area contributed by atoms with Gasteiger partial charge in [0.05, 0.1) is 17.2 Å². The summed E-state index contributed by atoms with van der Waals surface area (Å²) < 4.78 is 2.02. The van der Waals surface area contributed by atoms with Crippen molar-refractivity contribution in [2.24, 2.45) is 0 Å². The molecule has 0 radical (unpaired) electrons. The second-order valence-corrected chi connectivity index (χ2v) is 6.12. The summed E-state index contributed by atoms with van der Waals surface area (Å²) in [5.74, 6) is -0.984. The minimum atomic E-state index is -0.984. The average Bonchev–Trinajstić information content (AvgIpc) is 3.10. The first-order valence-corrected chi connectivity index (χ1v) is 8.20. The van der Waals surface area contributed by atoms with Crippen LogP contribution in [0.2, 0.25) is 0 Å². The topological polar surface area (TPSA) is 66.0 Å². The van der Waals surface area contributed by atoms with Crippen LogP contribution in [0.4, 0.5) is 0 Å². The number of carboxylic acid groups (broad SMARTS) is 1. The van der Waals surface area contributed by atoms with Crippen LogP contribution in [0.1, 0.15) is 32.7 Å². The molecule has 1 aromatic heterocycles. The molecule has 0 saturated carbocycles. The summed E-state index contributed by atoms with van der Waals surface area (Å²) in [6, 6.07) is 18.6. The normalized spacial score (nSPS) is 11.2. The average molecular weight is 342 g/mol. The zero-order valence-corrected chi connectivity index (χ0v) is 14.6. The maximum atomic E-state index is 11.0. The molecule has 2 aromatic carbocycles. The number of aryl methyl sites for hydroxylation is 2. The molecule has 0 bridgehead atoms. The lowest BCUT2D eigenvalue weighted by molar-refractivity contribution is 0.0697. The maximum Gasteiger partial charge on any atom is 0.335 e. The number of aromatic nitrogens is 1. The molecule has 0 aliphatic carbocycles. The van der Waals surface area contributed by atoms with E-state index in [2.05, 4.69) is 32.0 Å². The Balaban J connectivity index is 2.01. The van der Waals surface area contributed by atoms with E-state index < -0.39 is 5.97 Å². The minimum Gasteiger partial charge on any atom is -0.478 e. The predicted molar refractivity (Wildman–Crippen MR) is 102 cm³/mol. The summed E-state index contributed by atoms with van der Waals surface area (Å²) in [4.78, 5) is 11.0. The zero-order chi connectivity index (χ0) is 18.7. The molecule has 4 nitrogen and oxygen atoms in total. The number of nitriles is 1. The van der Waals surface area contributed by atoms with Gasteiger partial charge in [0.15, 0.2) is 0 Å². The van der Waals surface area contributed by atoms with Gasteiger partial charge in [-0.2, -0.15) is 5.26 Å². The second-order valence-electron chi connectivity index (χ2n) is 6.12. The van der Waals surface area contributed by atoms with E-state index in [0.717, 1.165) is 11.4 Å². The van der Waals surface area contributed by atoms with E-state index in [1.54, 1.807) is 12.1 Å². The molecule has 4 heteroatoms. The van der Waals surface area contributed by atoms with Crippen molar-refractivity contribution in [3.63, 3.8) is 0 Å². The number of carboxylic acids is 1. The molecule has 0 saturated heterocycles. The van der Waals surface area contributed by atoms with Gasteiger partial charge in [-0.3, -0.25) is 0 Å². The van der Waals surface area contributed by atoms with Crippen molar-refractivity contribution < 1.29 is 9.90 Å². The first-order valence-electron chi connectivity index (χ1n) is 8.20. The van der Waals surface area contributed by atoms with Crippen molar-refractivity contribution in [1.29, 1.82) is 5.26 Å². The smallest absolute Gasteiger partial charge is 0.335 e. The third-order valence-corrected chi connectivity index (χ3v) is 4.40. The Hall–Kier alpha value is -3.58. The highest BCUT2D eigenvalue weighted by Crippen LogP contribution is 2.22. The van der Waals surface area contributed by atoms with Crippen LogP contribution in [0, 0.1) is 25.2 Å². The lowest BCUT2D eigenvalue weighted by Gasteiger charge is -2.10. The zero-order valence-electron chi connectivity index (χ0n) is 14.6. The molecule has 0 fully saturated rings. The molecule has 3 rings (SSSR count). The van der Waals surface area contributed by atoms with Crippen LogP contribution in [-0.2, 0) is 0 Å². The van der Waals surface area contributed by atoms with Gasteiger partial charge in [-0.1, -0.05) is 18.2 Å². The monoisotopic (exact) mass is 342 g/mol. The number of nitrogens with zero attached hydrogens (tertiary/aromatic N) is 2. The molecule has 0 spiro atoms. The van der Waals surface area contributed by atoms with Gasteiger partial charge < -0.3 is 9.67 Å². The fraction of sp³-hybridized carbons (Fsp3) is 0.0909. The number of allylic oxidation sites excluding steroid dienone is 1. The molecule has 1 heterocycles. The molecule has 128 valence electrons. The van der Waals surface area contributed by atoms with Crippen LogP contribution in [0.3, 0.4) is 0 Å². The first-order chi connectivity index (χ1) is 12.5. The standard InChI is InChI=1S/C22H18N2O2/c1-15-5-10-21(12-16(15)2)24-11-3-4-20(24)13-19(14-23)17-6-8-18(9-7-17)22(25)26/h3-13H,1-2H3,(H,25,26)/b19-13-. The Labute approximate surface area is 152 Å². The quantitative estimate of drug-likeness (QED) is 0.689. The Bertz CT molecular complexity index is 1030. The number of hydrogen-bond acceptors (Lipinski definition) is 2. The highest BCUT2D eigenvalue weighted by Gasteiger charge is 2.08. The number of carbonyl (C=O) groups is 1. The molecule has 0 aliphatic heterocycles. The van der Waals surface area contributed by atoms with Crippen LogP contribution < -0.4 is 0 Å². The van der Waals surface area contributed by atoms with Gasteiger partial charge in [-0.25, -0.2) is 4.79 Å². The molecule has 0 aliphatic rings. The lowest BCUT2D eigenvalue weighted by Crippen LogP contribution is -1.97. The van der Waals surface area contributed by atoms with E-state index in [9.17, 15) is 10.1 Å². The summed E-state index contributed by atoms with van der Waals surface area (Å²) in [5, 5.41) is 18.6. The first kappa shape index (κ1) is 17.2. The van der Waals surface area contributed by atoms with Gasteiger partial charge >= 0.3 is 5.97 Å². The number of hydrogen-bond donors (Lipinski definition) is 1. The third-order valence-electron chi connectivity index (χ3n) is 4.40. The largest absolute Gasteiger partial charge is 0.478 e. The maximum absolute atomic E-state index is 11.0. The van der Waals surface area contributed by atoms with Gasteiger partial charge in [0.1, 0.15) is 0 Å². The fourth-order valence-corrected chi connectivity index (χ4v) is 2.74. The Morgan fingerprint density at radius 3 is 2.35 bits per heavy atom. The Morgan fingerprint density at radius 1 is 1.04 bits per heavy atom. The predicted octanol–water partition coefficient (Wildman–Crippen LogP) is 4.86. The van der Waals surface area contributed by atoms with E-state index in [1.165, 1.54) is 23.3 Å². The van der Waals surface area contributed by atoms with E-state index in [1.807, 2.05) is 35.0 Å². The Morgan fingerprint density at radius 2 is 1.73 bits per heavy atom. The minimum absolute atomic E-state index is 0.199. The number of rotatable bonds is 4. The molecule has 0 atom stereocenters. The van der Waals surface area contributed by atoms with Gasteiger partial charge in [-0.05, 0) is 73.0 Å². The Kier molecular flexibility index (Phi) is 4.72. The van der Waals surface area contributed by atoms with Crippen molar-refractivity contribution in [2.75, 3.05) is 0 Å². The van der Waals surface area contributed by atoms with Crippen LogP contribution in [0.25, 0.3) is 17.3 Å².